The van der Waals surface area contributed by atoms with Crippen LogP contribution in [-0.2, 0) is 33.3 Å². The van der Waals surface area contributed by atoms with Gasteiger partial charge in [0.2, 0.25) is 0 Å². The van der Waals surface area contributed by atoms with Crippen LogP contribution in [0.1, 0.15) is 19.8 Å². The van der Waals surface area contributed by atoms with Gasteiger partial charge in [0.25, 0.3) is 0 Å². The van der Waals surface area contributed by atoms with Crippen molar-refractivity contribution in [2.24, 2.45) is 0 Å². The summed E-state index contributed by atoms with van der Waals surface area (Å²) in [6.45, 7) is 4.88. The lowest BCUT2D eigenvalue weighted by Crippen LogP contribution is -2.15. The minimum absolute atomic E-state index is 0.00684. The predicted octanol–water partition coefficient (Wildman–Crippen LogP) is 0.595. The molecule has 0 unspecified atom stereocenters. The van der Waals surface area contributed by atoms with E-state index >= 15 is 0 Å². The van der Waals surface area contributed by atoms with Crippen LogP contribution < -0.4 is 0 Å². The Hall–Kier alpha value is -1.02. The van der Waals surface area contributed by atoms with E-state index in [0.29, 0.717) is 46.2 Å². The van der Waals surface area contributed by atoms with Gasteiger partial charge in [-0.3, -0.25) is 9.59 Å². The topological polar surface area (TPSA) is 80.3 Å². The van der Waals surface area contributed by atoms with Crippen molar-refractivity contribution in [2.45, 2.75) is 19.8 Å². The third kappa shape index (κ3) is 15.2. The molecule has 0 amide bonds. The van der Waals surface area contributed by atoms with Gasteiger partial charge >= 0.3 is 5.97 Å². The van der Waals surface area contributed by atoms with Crippen LogP contribution in [0.5, 0.6) is 0 Å². The van der Waals surface area contributed by atoms with Crippen molar-refractivity contribution in [3.8, 4) is 0 Å². The molecule has 124 valence electrons. The molecule has 0 atom stereocenters. The number of carbonyl (C=O) groups is 2. The zero-order valence-corrected chi connectivity index (χ0v) is 12.9. The Balaban J connectivity index is 3.23. The Bertz CT molecular complexity index is 268. The molecule has 21 heavy (non-hydrogen) atoms. The molecule has 0 aliphatic heterocycles. The second kappa shape index (κ2) is 15.4. The monoisotopic (exact) mass is 306 g/mol. The summed E-state index contributed by atoms with van der Waals surface area (Å²) in [5.41, 5.74) is 0. The first-order chi connectivity index (χ1) is 10.2. The molecule has 0 aliphatic carbocycles. The number of hydrogen-bond acceptors (Lipinski definition) is 7. The van der Waals surface area contributed by atoms with Crippen molar-refractivity contribution >= 4 is 11.8 Å². The lowest BCUT2D eigenvalue weighted by molar-refractivity contribution is -0.144. The van der Waals surface area contributed by atoms with Crippen molar-refractivity contribution in [2.75, 3.05) is 60.0 Å². The molecule has 7 heteroatoms. The fourth-order valence-corrected chi connectivity index (χ4v) is 1.31. The normalized spacial score (nSPS) is 10.6. The summed E-state index contributed by atoms with van der Waals surface area (Å²) in [6, 6.07) is 0. The number of carbonyl (C=O) groups excluding carboxylic acids is 2. The predicted molar refractivity (Wildman–Crippen MR) is 75.2 cm³/mol. The van der Waals surface area contributed by atoms with E-state index in [4.69, 9.17) is 23.7 Å². The fraction of sp³-hybridized carbons (Fsp3) is 0.857. The molecule has 0 aromatic heterocycles. The van der Waals surface area contributed by atoms with Crippen LogP contribution in [0.15, 0.2) is 0 Å². The highest BCUT2D eigenvalue weighted by atomic mass is 16.6. The van der Waals surface area contributed by atoms with Crippen molar-refractivity contribution in [3.05, 3.63) is 0 Å². The summed E-state index contributed by atoms with van der Waals surface area (Å²) < 4.78 is 25.2. The molecule has 0 aromatic rings. The summed E-state index contributed by atoms with van der Waals surface area (Å²) >= 11 is 0. The van der Waals surface area contributed by atoms with Crippen LogP contribution in [0.3, 0.4) is 0 Å². The second-order valence-electron chi connectivity index (χ2n) is 4.11. The highest BCUT2D eigenvalue weighted by Crippen LogP contribution is 1.95. The molecule has 0 aliphatic rings. The molecule has 0 rings (SSSR count). The van der Waals surface area contributed by atoms with Gasteiger partial charge in [-0.05, 0) is 6.92 Å². The van der Waals surface area contributed by atoms with E-state index in [0.717, 1.165) is 0 Å². The van der Waals surface area contributed by atoms with Crippen molar-refractivity contribution in [1.29, 1.82) is 0 Å². The van der Waals surface area contributed by atoms with E-state index in [2.05, 4.69) is 0 Å². The number of methoxy groups -OCH3 is 1. The molecule has 0 saturated carbocycles. The van der Waals surface area contributed by atoms with Gasteiger partial charge in [-0.2, -0.15) is 0 Å². The van der Waals surface area contributed by atoms with Crippen molar-refractivity contribution in [1.82, 2.24) is 0 Å². The van der Waals surface area contributed by atoms with Crippen molar-refractivity contribution < 1.29 is 33.3 Å². The third-order valence-electron chi connectivity index (χ3n) is 2.35. The van der Waals surface area contributed by atoms with E-state index in [1.807, 2.05) is 0 Å². The summed E-state index contributed by atoms with van der Waals surface area (Å²) in [7, 11) is 1.62. The number of ether oxygens (including phenoxy) is 5. The van der Waals surface area contributed by atoms with Crippen LogP contribution in [0.4, 0.5) is 0 Å². The molecule has 0 radical (unpaired) electrons. The zero-order valence-electron chi connectivity index (χ0n) is 12.9. The summed E-state index contributed by atoms with van der Waals surface area (Å²) in [5.74, 6) is -0.478. The van der Waals surface area contributed by atoms with Gasteiger partial charge in [-0.15, -0.1) is 0 Å². The van der Waals surface area contributed by atoms with Gasteiger partial charge in [-0.1, -0.05) is 0 Å². The Labute approximate surface area is 125 Å². The van der Waals surface area contributed by atoms with Crippen LogP contribution >= 0.6 is 0 Å². The average Bonchev–Trinajstić information content (AvgIpc) is 2.47. The number of Topliss-reactive ketones (excluding diaryl/α,β-unsaturated/α-hetero) is 1. The minimum Gasteiger partial charge on any atom is -0.466 e. The van der Waals surface area contributed by atoms with Gasteiger partial charge in [0.15, 0.2) is 5.78 Å². The maximum Gasteiger partial charge on any atom is 0.306 e. The number of rotatable bonds is 15. The maximum atomic E-state index is 11.4. The number of ketones is 1. The van der Waals surface area contributed by atoms with E-state index < -0.39 is 0 Å². The van der Waals surface area contributed by atoms with E-state index in [1.165, 1.54) is 0 Å². The van der Waals surface area contributed by atoms with Crippen LogP contribution in [0.2, 0.25) is 0 Å². The lowest BCUT2D eigenvalue weighted by Gasteiger charge is -2.06. The first kappa shape index (κ1) is 20.0. The molecule has 7 nitrogen and oxygen atoms in total. The average molecular weight is 306 g/mol. The van der Waals surface area contributed by atoms with Gasteiger partial charge < -0.3 is 23.7 Å². The van der Waals surface area contributed by atoms with Crippen LogP contribution in [0.25, 0.3) is 0 Å². The highest BCUT2D eigenvalue weighted by molar-refractivity contribution is 5.83. The van der Waals surface area contributed by atoms with Gasteiger partial charge in [0.05, 0.1) is 52.7 Å². The fourth-order valence-electron chi connectivity index (χ4n) is 1.31. The van der Waals surface area contributed by atoms with E-state index in [1.54, 1.807) is 14.0 Å². The smallest absolute Gasteiger partial charge is 0.306 e. The molecule has 0 fully saturated rings. The lowest BCUT2D eigenvalue weighted by atomic mass is 10.2. The van der Waals surface area contributed by atoms with E-state index in [9.17, 15) is 9.59 Å². The first-order valence-corrected chi connectivity index (χ1v) is 7.10. The minimum atomic E-state index is -0.359. The van der Waals surface area contributed by atoms with Gasteiger partial charge in [0.1, 0.15) is 6.61 Å². The van der Waals surface area contributed by atoms with Gasteiger partial charge in [-0.25, -0.2) is 0 Å². The SMILES string of the molecule is CCOC(=O)CCC(=O)COCCOCCOCCOC. The largest absolute Gasteiger partial charge is 0.466 e. The maximum absolute atomic E-state index is 11.4. The van der Waals surface area contributed by atoms with Gasteiger partial charge in [0, 0.05) is 13.5 Å². The Kier molecular flexibility index (Phi) is 14.6. The standard InChI is InChI=1S/C14H26O7/c1-3-21-14(16)5-4-13(15)12-20-11-10-19-9-8-18-7-6-17-2/h3-12H2,1-2H3. The first-order valence-electron chi connectivity index (χ1n) is 7.10. The molecule has 0 saturated heterocycles. The quantitative estimate of drug-likeness (QED) is 0.324. The Morgan fingerprint density at radius 2 is 1.38 bits per heavy atom. The molecule has 0 heterocycles. The molecule has 0 N–H and O–H groups in total. The highest BCUT2D eigenvalue weighted by Gasteiger charge is 2.07. The molecule has 0 bridgehead atoms. The molecular formula is C14H26O7. The van der Waals surface area contributed by atoms with Crippen LogP contribution in [0, 0.1) is 0 Å². The Morgan fingerprint density at radius 1 is 0.810 bits per heavy atom. The zero-order chi connectivity index (χ0) is 15.8. The number of esters is 1. The summed E-state index contributed by atoms with van der Waals surface area (Å²) in [6.07, 6.45) is 0.248. The van der Waals surface area contributed by atoms with E-state index in [-0.39, 0.29) is 31.2 Å². The summed E-state index contributed by atoms with van der Waals surface area (Å²) in [5, 5.41) is 0. The molecule has 0 spiro atoms. The summed E-state index contributed by atoms with van der Waals surface area (Å²) in [4.78, 5) is 22.4. The van der Waals surface area contributed by atoms with Crippen molar-refractivity contribution in [3.63, 3.8) is 0 Å². The number of hydrogen-bond donors (Lipinski definition) is 0. The molecule has 0 aromatic carbocycles. The third-order valence-corrected chi connectivity index (χ3v) is 2.35. The Morgan fingerprint density at radius 3 is 1.95 bits per heavy atom. The molecular weight excluding hydrogens is 280 g/mol. The van der Waals surface area contributed by atoms with Crippen LogP contribution in [-0.4, -0.2) is 71.7 Å². The second-order valence-corrected chi connectivity index (χ2v) is 4.11.